The minimum atomic E-state index is -1.20. The van der Waals surface area contributed by atoms with E-state index in [-0.39, 0.29) is 17.8 Å². The van der Waals surface area contributed by atoms with Gasteiger partial charge < -0.3 is 14.9 Å². The van der Waals surface area contributed by atoms with Crippen LogP contribution in [0.25, 0.3) is 11.1 Å². The third kappa shape index (κ3) is 12.9. The first-order valence-corrected chi connectivity index (χ1v) is 13.7. The number of ether oxygens (including phenoxy) is 1. The standard InChI is InChI=1S/C26H27NO4.C3H4.2C2H6.C2H2/c1-3-23(28)22(26(29)30)12-9-19-14-21(16-27)25(24(15-19)31-4-2)20-10-7-18(8-11-20)13-17-5-6-17;1-3-2;3*1-2/h3,7-8,10-12,14-15,17,28H,4-6,9,13H2,1-2H3,(H,29,30);1H,2H3;2*1-2H3;1-2H/b22-12+,23-3+;;;;. The first kappa shape index (κ1) is 37.8. The van der Waals surface area contributed by atoms with Crippen molar-refractivity contribution in [3.63, 3.8) is 0 Å². The fourth-order valence-corrected chi connectivity index (χ4v) is 3.59. The summed E-state index contributed by atoms with van der Waals surface area (Å²) >= 11 is 0. The molecule has 5 heteroatoms. The molecule has 1 aliphatic carbocycles. The number of benzene rings is 2. The highest BCUT2D eigenvalue weighted by Crippen LogP contribution is 2.37. The molecular formula is C35H45NO4. The van der Waals surface area contributed by atoms with Gasteiger partial charge in [0.15, 0.2) is 0 Å². The molecule has 0 radical (unpaired) electrons. The normalized spacial score (nSPS) is 11.6. The summed E-state index contributed by atoms with van der Waals surface area (Å²) in [5.41, 5.74) is 3.99. The maximum atomic E-state index is 11.4. The summed E-state index contributed by atoms with van der Waals surface area (Å²) in [5.74, 6) is 2.15. The van der Waals surface area contributed by atoms with Gasteiger partial charge in [-0.15, -0.1) is 25.2 Å². The topological polar surface area (TPSA) is 90.5 Å². The van der Waals surface area contributed by atoms with Gasteiger partial charge in [0.1, 0.15) is 11.5 Å². The average molecular weight is 544 g/mol. The van der Waals surface area contributed by atoms with Crippen LogP contribution in [0, 0.1) is 42.4 Å². The van der Waals surface area contributed by atoms with Crippen LogP contribution in [0.15, 0.2) is 59.9 Å². The number of hydrogen-bond acceptors (Lipinski definition) is 4. The number of nitriles is 1. The maximum Gasteiger partial charge on any atom is 0.339 e. The van der Waals surface area contributed by atoms with Crippen molar-refractivity contribution in [2.75, 3.05) is 6.61 Å². The minimum Gasteiger partial charge on any atom is -0.507 e. The molecule has 0 unspecified atom stereocenters. The molecule has 40 heavy (non-hydrogen) atoms. The Labute approximate surface area is 242 Å². The van der Waals surface area contributed by atoms with E-state index in [0.717, 1.165) is 29.0 Å². The lowest BCUT2D eigenvalue weighted by atomic mass is 9.94. The number of aliphatic hydroxyl groups excluding tert-OH is 1. The highest BCUT2D eigenvalue weighted by Gasteiger charge is 2.21. The minimum absolute atomic E-state index is 0.172. The van der Waals surface area contributed by atoms with Crippen LogP contribution in [0.1, 0.15) is 78.0 Å². The number of terminal acetylenes is 2. The fraction of sp³-hybridized carbons (Fsp3) is 0.371. The molecule has 3 rings (SSSR count). The lowest BCUT2D eigenvalue weighted by molar-refractivity contribution is -0.132. The number of carbonyl (C=O) groups is 1. The van der Waals surface area contributed by atoms with E-state index in [1.165, 1.54) is 30.6 Å². The zero-order valence-corrected chi connectivity index (χ0v) is 25.1. The number of rotatable bonds is 9. The largest absolute Gasteiger partial charge is 0.507 e. The summed E-state index contributed by atoms with van der Waals surface area (Å²) in [7, 11) is 0. The molecule has 2 N–H and O–H groups in total. The monoisotopic (exact) mass is 543 g/mol. The Hall–Kier alpha value is -4.40. The second kappa shape index (κ2) is 22.6. The van der Waals surface area contributed by atoms with Crippen LogP contribution in [0.2, 0.25) is 0 Å². The van der Waals surface area contributed by atoms with Crippen LogP contribution in [-0.2, 0) is 17.6 Å². The van der Waals surface area contributed by atoms with Crippen molar-refractivity contribution in [3.05, 3.63) is 76.6 Å². The smallest absolute Gasteiger partial charge is 0.339 e. The second-order valence-electron chi connectivity index (χ2n) is 8.00. The molecule has 0 atom stereocenters. The third-order valence-electron chi connectivity index (χ3n) is 5.37. The first-order chi connectivity index (χ1) is 19.4. The fourth-order valence-electron chi connectivity index (χ4n) is 3.59. The Morgan fingerprint density at radius 2 is 1.62 bits per heavy atom. The number of aliphatic hydroxyl groups is 1. The molecule has 5 nitrogen and oxygen atoms in total. The van der Waals surface area contributed by atoms with E-state index >= 15 is 0 Å². The number of aliphatic carboxylic acids is 1. The van der Waals surface area contributed by atoms with Gasteiger partial charge in [0, 0.05) is 5.56 Å². The zero-order valence-electron chi connectivity index (χ0n) is 25.1. The Bertz CT molecular complexity index is 1180. The molecule has 2 aromatic rings. The van der Waals surface area contributed by atoms with E-state index in [2.05, 4.69) is 43.4 Å². The quantitative estimate of drug-likeness (QED) is 0.143. The zero-order chi connectivity index (χ0) is 31.1. The van der Waals surface area contributed by atoms with E-state index in [9.17, 15) is 20.3 Å². The Morgan fingerprint density at radius 3 is 2.05 bits per heavy atom. The van der Waals surface area contributed by atoms with E-state index < -0.39 is 5.97 Å². The third-order valence-corrected chi connectivity index (χ3v) is 5.37. The van der Waals surface area contributed by atoms with Crippen LogP contribution >= 0.6 is 0 Å². The van der Waals surface area contributed by atoms with Crippen molar-refractivity contribution in [2.24, 2.45) is 5.92 Å². The lowest BCUT2D eigenvalue weighted by Crippen LogP contribution is -2.04. The second-order valence-corrected chi connectivity index (χ2v) is 8.00. The van der Waals surface area contributed by atoms with E-state index in [1.54, 1.807) is 19.9 Å². The number of nitrogens with zero attached hydrogens (tertiary/aromatic N) is 1. The van der Waals surface area contributed by atoms with Crippen molar-refractivity contribution < 1.29 is 19.7 Å². The van der Waals surface area contributed by atoms with Crippen molar-refractivity contribution >= 4 is 5.97 Å². The summed E-state index contributed by atoms with van der Waals surface area (Å²) in [6, 6.07) is 14.1. The van der Waals surface area contributed by atoms with Crippen LogP contribution in [0.3, 0.4) is 0 Å². The summed E-state index contributed by atoms with van der Waals surface area (Å²) in [5, 5.41) is 28.9. The van der Waals surface area contributed by atoms with E-state index in [1.807, 2.05) is 52.8 Å². The highest BCUT2D eigenvalue weighted by molar-refractivity contribution is 5.91. The van der Waals surface area contributed by atoms with E-state index in [0.29, 0.717) is 17.9 Å². The molecule has 214 valence electrons. The Morgan fingerprint density at radius 1 is 1.07 bits per heavy atom. The summed E-state index contributed by atoms with van der Waals surface area (Å²) in [6.07, 6.45) is 19.3. The Balaban J connectivity index is 0. The number of carboxylic acids is 1. The van der Waals surface area contributed by atoms with Crippen LogP contribution in [-0.4, -0.2) is 22.8 Å². The molecular weight excluding hydrogens is 498 g/mol. The van der Waals surface area contributed by atoms with Gasteiger partial charge in [-0.05, 0) is 87.3 Å². The van der Waals surface area contributed by atoms with Gasteiger partial charge in [0.05, 0.1) is 23.8 Å². The van der Waals surface area contributed by atoms with Gasteiger partial charge in [-0.3, -0.25) is 0 Å². The maximum absolute atomic E-state index is 11.4. The first-order valence-electron chi connectivity index (χ1n) is 13.7. The molecule has 0 amide bonds. The summed E-state index contributed by atoms with van der Waals surface area (Å²) < 4.78 is 5.85. The predicted molar refractivity (Wildman–Crippen MR) is 167 cm³/mol. The van der Waals surface area contributed by atoms with Gasteiger partial charge in [0.25, 0.3) is 0 Å². The molecule has 1 saturated carbocycles. The molecule has 0 aromatic heterocycles. The summed E-state index contributed by atoms with van der Waals surface area (Å²) in [6.45, 7) is 13.5. The van der Waals surface area contributed by atoms with Gasteiger partial charge in [-0.2, -0.15) is 5.26 Å². The van der Waals surface area contributed by atoms with Crippen LogP contribution in [0.5, 0.6) is 5.75 Å². The van der Waals surface area contributed by atoms with Crippen molar-refractivity contribution in [2.45, 2.75) is 74.1 Å². The van der Waals surface area contributed by atoms with Gasteiger partial charge >= 0.3 is 5.97 Å². The molecule has 1 fully saturated rings. The van der Waals surface area contributed by atoms with Crippen molar-refractivity contribution in [1.82, 2.24) is 0 Å². The summed E-state index contributed by atoms with van der Waals surface area (Å²) in [4.78, 5) is 11.4. The molecule has 0 aliphatic heterocycles. The van der Waals surface area contributed by atoms with Gasteiger partial charge in [0.2, 0.25) is 0 Å². The molecule has 0 heterocycles. The number of hydrogen-bond donors (Lipinski definition) is 2. The SMILES string of the molecule is C#C.C#CC.C/C=C(O)\C(=C/Cc1cc(C#N)c(-c2ccc(CC3CC3)cc2)c(OCC)c1)C(=O)O.CC.CC. The van der Waals surface area contributed by atoms with Gasteiger partial charge in [-0.1, -0.05) is 58.0 Å². The van der Waals surface area contributed by atoms with Crippen LogP contribution in [0.4, 0.5) is 0 Å². The average Bonchev–Trinajstić information content (AvgIpc) is 3.81. The number of carboxylic acid groups (broad SMARTS) is 1. The van der Waals surface area contributed by atoms with Crippen molar-refractivity contribution in [1.29, 1.82) is 5.26 Å². The lowest BCUT2D eigenvalue weighted by Gasteiger charge is -2.15. The number of allylic oxidation sites excluding steroid dienone is 2. The molecule has 2 aromatic carbocycles. The molecule has 0 spiro atoms. The van der Waals surface area contributed by atoms with Crippen molar-refractivity contribution in [3.8, 4) is 48.1 Å². The van der Waals surface area contributed by atoms with E-state index in [4.69, 9.17) is 4.74 Å². The van der Waals surface area contributed by atoms with Gasteiger partial charge in [-0.25, -0.2) is 4.79 Å². The predicted octanol–water partition coefficient (Wildman–Crippen LogP) is 8.53. The molecule has 0 saturated heterocycles. The van der Waals surface area contributed by atoms with Crippen LogP contribution < -0.4 is 4.74 Å². The highest BCUT2D eigenvalue weighted by atomic mass is 16.5. The Kier molecular flexibility index (Phi) is 21.3. The molecule has 1 aliphatic rings. The molecule has 0 bridgehead atoms.